The summed E-state index contributed by atoms with van der Waals surface area (Å²) in [7, 11) is 0. The fraction of sp³-hybridized carbons (Fsp3) is 0.286. The average molecular weight is 229 g/mol. The number of benzene rings is 1. The lowest BCUT2D eigenvalue weighted by Gasteiger charge is -2.19. The van der Waals surface area contributed by atoms with Gasteiger partial charge in [-0.25, -0.2) is 9.78 Å². The highest BCUT2D eigenvalue weighted by Gasteiger charge is 2.14. The van der Waals surface area contributed by atoms with Crippen LogP contribution in [0.25, 0.3) is 10.9 Å². The minimum absolute atomic E-state index is 0.0368. The molecule has 0 saturated heterocycles. The third kappa shape index (κ3) is 2.28. The molecular weight excluding hydrogens is 214 g/mol. The van der Waals surface area contributed by atoms with E-state index < -0.39 is 5.97 Å². The summed E-state index contributed by atoms with van der Waals surface area (Å²) in [4.78, 5) is 15.0. The molecule has 1 aromatic heterocycles. The zero-order chi connectivity index (χ0) is 12.6. The van der Waals surface area contributed by atoms with Gasteiger partial charge in [0.1, 0.15) is 5.69 Å². The number of nitrogens with zero attached hydrogens (tertiary/aromatic N) is 1. The number of pyridine rings is 1. The molecule has 3 nitrogen and oxygen atoms in total. The number of carbonyl (C=O) groups is 1. The van der Waals surface area contributed by atoms with E-state index in [1.807, 2.05) is 12.1 Å². The summed E-state index contributed by atoms with van der Waals surface area (Å²) in [5.41, 5.74) is 2.01. The number of rotatable bonds is 1. The Morgan fingerprint density at radius 2 is 1.82 bits per heavy atom. The van der Waals surface area contributed by atoms with Gasteiger partial charge >= 0.3 is 5.97 Å². The van der Waals surface area contributed by atoms with E-state index in [1.165, 1.54) is 6.07 Å². The summed E-state index contributed by atoms with van der Waals surface area (Å²) in [6.45, 7) is 6.36. The van der Waals surface area contributed by atoms with E-state index in [9.17, 15) is 4.79 Å². The molecule has 0 amide bonds. The Balaban J connectivity index is 2.62. The summed E-state index contributed by atoms with van der Waals surface area (Å²) in [6, 6.07) is 9.32. The molecule has 0 spiro atoms. The maximum Gasteiger partial charge on any atom is 0.354 e. The fourth-order valence-electron chi connectivity index (χ4n) is 1.70. The number of fused-ring (bicyclic) bond motifs is 1. The zero-order valence-electron chi connectivity index (χ0n) is 10.2. The highest BCUT2D eigenvalue weighted by Crippen LogP contribution is 2.25. The maximum atomic E-state index is 10.9. The van der Waals surface area contributed by atoms with E-state index in [0.29, 0.717) is 0 Å². The van der Waals surface area contributed by atoms with Crippen LogP contribution in [0.5, 0.6) is 0 Å². The van der Waals surface area contributed by atoms with E-state index in [1.54, 1.807) is 6.07 Å². The van der Waals surface area contributed by atoms with Gasteiger partial charge in [-0.15, -0.1) is 0 Å². The predicted molar refractivity (Wildman–Crippen MR) is 67.4 cm³/mol. The van der Waals surface area contributed by atoms with Gasteiger partial charge in [0.2, 0.25) is 0 Å². The molecule has 2 rings (SSSR count). The van der Waals surface area contributed by atoms with E-state index in [0.717, 1.165) is 16.5 Å². The minimum Gasteiger partial charge on any atom is -0.477 e. The first-order chi connectivity index (χ1) is 7.88. The Bertz CT molecular complexity index is 582. The van der Waals surface area contributed by atoms with Gasteiger partial charge < -0.3 is 5.11 Å². The number of carboxylic acids is 1. The Labute approximate surface area is 100 Å². The number of aromatic carboxylic acids is 1. The molecule has 0 aliphatic heterocycles. The molecule has 0 bridgehead atoms. The van der Waals surface area contributed by atoms with Crippen LogP contribution in [-0.2, 0) is 5.41 Å². The summed E-state index contributed by atoms with van der Waals surface area (Å²) < 4.78 is 0. The molecule has 3 heteroatoms. The second-order valence-electron chi connectivity index (χ2n) is 5.16. The van der Waals surface area contributed by atoms with Crippen molar-refractivity contribution >= 4 is 16.9 Å². The van der Waals surface area contributed by atoms with Crippen molar-refractivity contribution in [1.29, 1.82) is 0 Å². The van der Waals surface area contributed by atoms with Crippen molar-refractivity contribution in [1.82, 2.24) is 4.98 Å². The first-order valence-corrected chi connectivity index (χ1v) is 5.52. The van der Waals surface area contributed by atoms with Gasteiger partial charge in [-0.05, 0) is 23.1 Å². The van der Waals surface area contributed by atoms with Crippen LogP contribution in [0.15, 0.2) is 30.3 Å². The quantitative estimate of drug-likeness (QED) is 0.816. The molecule has 1 N–H and O–H groups in total. The van der Waals surface area contributed by atoms with Crippen molar-refractivity contribution in [3.05, 3.63) is 41.6 Å². The second-order valence-corrected chi connectivity index (χ2v) is 5.16. The van der Waals surface area contributed by atoms with Gasteiger partial charge in [-0.3, -0.25) is 0 Å². The number of hydrogen-bond donors (Lipinski definition) is 1. The zero-order valence-corrected chi connectivity index (χ0v) is 10.2. The lowest BCUT2D eigenvalue weighted by atomic mass is 9.86. The van der Waals surface area contributed by atoms with Crippen molar-refractivity contribution in [2.45, 2.75) is 26.2 Å². The molecule has 0 fully saturated rings. The topological polar surface area (TPSA) is 50.2 Å². The molecule has 0 radical (unpaired) electrons. The van der Waals surface area contributed by atoms with Crippen molar-refractivity contribution in [2.75, 3.05) is 0 Å². The van der Waals surface area contributed by atoms with Crippen molar-refractivity contribution in [2.24, 2.45) is 0 Å². The van der Waals surface area contributed by atoms with Crippen LogP contribution in [-0.4, -0.2) is 16.1 Å². The summed E-state index contributed by atoms with van der Waals surface area (Å²) in [5, 5.41) is 9.87. The van der Waals surface area contributed by atoms with Crippen molar-refractivity contribution in [3.63, 3.8) is 0 Å². The first-order valence-electron chi connectivity index (χ1n) is 5.52. The van der Waals surface area contributed by atoms with Crippen LogP contribution in [0, 0.1) is 0 Å². The summed E-state index contributed by atoms with van der Waals surface area (Å²) in [5.74, 6) is -0.993. The molecule has 0 saturated carbocycles. The van der Waals surface area contributed by atoms with Crippen LogP contribution in [0.3, 0.4) is 0 Å². The molecule has 0 unspecified atom stereocenters. The third-order valence-corrected chi connectivity index (χ3v) is 2.78. The molecule has 17 heavy (non-hydrogen) atoms. The highest BCUT2D eigenvalue weighted by molar-refractivity contribution is 5.89. The van der Waals surface area contributed by atoms with Crippen LogP contribution in [0.2, 0.25) is 0 Å². The third-order valence-electron chi connectivity index (χ3n) is 2.78. The van der Waals surface area contributed by atoms with E-state index in [2.05, 4.69) is 31.8 Å². The van der Waals surface area contributed by atoms with Crippen molar-refractivity contribution < 1.29 is 9.90 Å². The lowest BCUT2D eigenvalue weighted by molar-refractivity contribution is 0.0691. The Hall–Kier alpha value is -1.90. The fourth-order valence-corrected chi connectivity index (χ4v) is 1.70. The SMILES string of the molecule is CC(C)(C)c1ccc2ccc(C(=O)O)nc2c1. The first kappa shape index (κ1) is 11.6. The van der Waals surface area contributed by atoms with Gasteiger partial charge in [0, 0.05) is 5.39 Å². The largest absolute Gasteiger partial charge is 0.477 e. The summed E-state index contributed by atoms with van der Waals surface area (Å²) >= 11 is 0. The molecular formula is C14H15NO2. The van der Waals surface area contributed by atoms with Gasteiger partial charge in [-0.1, -0.05) is 39.0 Å². The Morgan fingerprint density at radius 3 is 2.41 bits per heavy atom. The van der Waals surface area contributed by atoms with Crippen LogP contribution in [0.4, 0.5) is 0 Å². The molecule has 2 aromatic rings. The van der Waals surface area contributed by atoms with Gasteiger partial charge in [0.15, 0.2) is 0 Å². The monoisotopic (exact) mass is 229 g/mol. The number of carboxylic acid groups (broad SMARTS) is 1. The lowest BCUT2D eigenvalue weighted by Crippen LogP contribution is -2.11. The maximum absolute atomic E-state index is 10.9. The van der Waals surface area contributed by atoms with Crippen molar-refractivity contribution in [3.8, 4) is 0 Å². The smallest absolute Gasteiger partial charge is 0.354 e. The number of hydrogen-bond acceptors (Lipinski definition) is 2. The molecule has 1 aromatic carbocycles. The number of aromatic nitrogens is 1. The molecule has 0 aliphatic rings. The molecule has 88 valence electrons. The molecule has 0 aliphatic carbocycles. The molecule has 1 heterocycles. The van der Waals surface area contributed by atoms with E-state index >= 15 is 0 Å². The standard InChI is InChI=1S/C14H15NO2/c1-14(2,3)10-6-4-9-5-7-11(13(16)17)15-12(9)8-10/h4-8H,1-3H3,(H,16,17). The van der Waals surface area contributed by atoms with E-state index in [4.69, 9.17) is 5.11 Å². The average Bonchev–Trinajstić information content (AvgIpc) is 2.26. The predicted octanol–water partition coefficient (Wildman–Crippen LogP) is 3.23. The van der Waals surface area contributed by atoms with Gasteiger partial charge in [0.25, 0.3) is 0 Å². The van der Waals surface area contributed by atoms with Crippen LogP contribution >= 0.6 is 0 Å². The second kappa shape index (κ2) is 3.84. The van der Waals surface area contributed by atoms with Gasteiger partial charge in [-0.2, -0.15) is 0 Å². The Kier molecular flexibility index (Phi) is 2.62. The van der Waals surface area contributed by atoms with Gasteiger partial charge in [0.05, 0.1) is 5.52 Å². The highest BCUT2D eigenvalue weighted by atomic mass is 16.4. The van der Waals surface area contributed by atoms with Crippen LogP contribution < -0.4 is 0 Å². The van der Waals surface area contributed by atoms with E-state index in [-0.39, 0.29) is 11.1 Å². The van der Waals surface area contributed by atoms with Crippen LogP contribution in [0.1, 0.15) is 36.8 Å². The Morgan fingerprint density at radius 1 is 1.18 bits per heavy atom. The molecule has 0 atom stereocenters. The normalized spacial score (nSPS) is 11.7. The minimum atomic E-state index is -0.993. The summed E-state index contributed by atoms with van der Waals surface area (Å²) in [6.07, 6.45) is 0.